The number of benzene rings is 2. The number of carboxylic acid groups (broad SMARTS) is 1. The van der Waals surface area contributed by atoms with Crippen molar-refractivity contribution in [1.82, 2.24) is 0 Å². The van der Waals surface area contributed by atoms with Crippen molar-refractivity contribution in [2.45, 2.75) is 24.9 Å². The van der Waals surface area contributed by atoms with E-state index >= 15 is 0 Å². The Bertz CT molecular complexity index is 558. The smallest absolute Gasteiger partial charge is 0.307 e. The van der Waals surface area contributed by atoms with E-state index in [4.69, 9.17) is 0 Å². The number of aliphatic carboxylic acids is 1. The third-order valence-electron chi connectivity index (χ3n) is 4.20. The summed E-state index contributed by atoms with van der Waals surface area (Å²) in [6.45, 7) is 0. The number of carbonyl (C=O) groups is 1. The van der Waals surface area contributed by atoms with Gasteiger partial charge in [-0.25, -0.2) is 0 Å². The first-order chi connectivity index (χ1) is 10.3. The lowest BCUT2D eigenvalue weighted by molar-refractivity contribution is -0.141. The third kappa shape index (κ3) is 3.01. The largest absolute Gasteiger partial charge is 0.481 e. The second-order valence-corrected chi connectivity index (χ2v) is 7.92. The molecular weight excluding hydrogens is 279 g/mol. The summed E-state index contributed by atoms with van der Waals surface area (Å²) >= 11 is 0. The minimum atomic E-state index is -0.628. The first-order valence-corrected chi connectivity index (χ1v) is 8.80. The van der Waals surface area contributed by atoms with E-state index in [9.17, 15) is 9.90 Å². The number of hydrogen-bond donors (Lipinski definition) is 1. The minimum Gasteiger partial charge on any atom is -0.481 e. The molecule has 1 aliphatic rings. The Hall–Kier alpha value is -1.66. The quantitative estimate of drug-likeness (QED) is 0.879. The fraction of sp³-hybridized carbons (Fsp3) is 0.278. The van der Waals surface area contributed by atoms with Gasteiger partial charge in [0.25, 0.3) is 0 Å². The van der Waals surface area contributed by atoms with E-state index in [0.717, 1.165) is 19.3 Å². The van der Waals surface area contributed by atoms with Crippen molar-refractivity contribution in [3.63, 3.8) is 0 Å². The van der Waals surface area contributed by atoms with Gasteiger partial charge >= 0.3 is 5.97 Å². The lowest BCUT2D eigenvalue weighted by Gasteiger charge is -2.28. The minimum absolute atomic E-state index is 0.198. The molecule has 2 unspecified atom stereocenters. The van der Waals surface area contributed by atoms with Gasteiger partial charge in [0.05, 0.1) is 5.92 Å². The molecule has 0 bridgehead atoms. The Morgan fingerprint density at radius 3 is 1.90 bits per heavy atom. The molecule has 2 nitrogen and oxygen atoms in total. The van der Waals surface area contributed by atoms with Gasteiger partial charge in [-0.05, 0) is 31.4 Å². The topological polar surface area (TPSA) is 37.3 Å². The normalized spacial score (nSPS) is 21.6. The van der Waals surface area contributed by atoms with E-state index in [2.05, 4.69) is 48.5 Å². The molecule has 2 aromatic rings. The third-order valence-corrected chi connectivity index (χ3v) is 7.19. The highest BCUT2D eigenvalue weighted by Gasteiger charge is 2.39. The van der Waals surface area contributed by atoms with E-state index in [1.54, 1.807) is 0 Å². The molecule has 0 aromatic heterocycles. The Morgan fingerprint density at radius 2 is 1.43 bits per heavy atom. The second-order valence-electron chi connectivity index (χ2n) is 5.48. The standard InChI is InChI=1S/C18H19O2P/c19-18(20)16-12-7-13-17(16)21(14-8-3-1-4-9-14)15-10-5-2-6-11-15/h1-6,8-11,16-17H,7,12-13H2,(H,19,20). The zero-order valence-corrected chi connectivity index (χ0v) is 12.7. The fourth-order valence-corrected chi connectivity index (χ4v) is 6.37. The summed E-state index contributed by atoms with van der Waals surface area (Å²) in [6.07, 6.45) is 2.87. The maximum Gasteiger partial charge on any atom is 0.307 e. The van der Waals surface area contributed by atoms with Gasteiger partial charge in [-0.3, -0.25) is 4.79 Å². The molecule has 1 N–H and O–H groups in total. The van der Waals surface area contributed by atoms with Gasteiger partial charge in [0.2, 0.25) is 0 Å². The average molecular weight is 298 g/mol. The fourth-order valence-electron chi connectivity index (χ4n) is 3.25. The van der Waals surface area contributed by atoms with E-state index in [1.807, 2.05) is 12.1 Å². The Kier molecular flexibility index (Phi) is 4.36. The number of rotatable bonds is 4. The average Bonchev–Trinajstić information content (AvgIpc) is 2.99. The van der Waals surface area contributed by atoms with Crippen LogP contribution < -0.4 is 10.6 Å². The summed E-state index contributed by atoms with van der Waals surface area (Å²) in [5.74, 6) is -0.826. The highest BCUT2D eigenvalue weighted by atomic mass is 31.1. The van der Waals surface area contributed by atoms with Crippen molar-refractivity contribution < 1.29 is 9.90 Å². The lowest BCUT2D eigenvalue weighted by Crippen LogP contribution is -2.28. The van der Waals surface area contributed by atoms with Crippen molar-refractivity contribution in [1.29, 1.82) is 0 Å². The van der Waals surface area contributed by atoms with Crippen LogP contribution in [-0.2, 0) is 4.79 Å². The van der Waals surface area contributed by atoms with Crippen molar-refractivity contribution in [3.05, 3.63) is 60.7 Å². The summed E-state index contributed by atoms with van der Waals surface area (Å²) in [5, 5.41) is 12.1. The molecule has 0 amide bonds. The predicted octanol–water partition coefficient (Wildman–Crippen LogP) is 3.37. The Balaban J connectivity index is 2.03. The van der Waals surface area contributed by atoms with Crippen LogP contribution in [-0.4, -0.2) is 16.7 Å². The first kappa shape index (κ1) is 14.3. The highest BCUT2D eigenvalue weighted by Crippen LogP contribution is 2.50. The molecule has 2 aromatic carbocycles. The van der Waals surface area contributed by atoms with Crippen LogP contribution >= 0.6 is 7.92 Å². The molecule has 0 radical (unpaired) electrons. The molecule has 3 heteroatoms. The van der Waals surface area contributed by atoms with Gasteiger partial charge in [-0.2, -0.15) is 0 Å². The Labute approximate surface area is 126 Å². The molecule has 2 atom stereocenters. The van der Waals surface area contributed by atoms with Crippen molar-refractivity contribution in [3.8, 4) is 0 Å². The highest BCUT2D eigenvalue weighted by molar-refractivity contribution is 7.73. The van der Waals surface area contributed by atoms with Crippen LogP contribution in [0.15, 0.2) is 60.7 Å². The molecule has 1 saturated carbocycles. The van der Waals surface area contributed by atoms with E-state index in [-0.39, 0.29) is 11.6 Å². The van der Waals surface area contributed by atoms with Gasteiger partial charge in [-0.1, -0.05) is 67.1 Å². The molecule has 21 heavy (non-hydrogen) atoms. The van der Waals surface area contributed by atoms with E-state index < -0.39 is 13.9 Å². The van der Waals surface area contributed by atoms with Crippen LogP contribution in [0.4, 0.5) is 0 Å². The maximum absolute atomic E-state index is 11.6. The van der Waals surface area contributed by atoms with Crippen LogP contribution in [0, 0.1) is 5.92 Å². The Morgan fingerprint density at radius 1 is 0.905 bits per heavy atom. The molecule has 1 aliphatic carbocycles. The molecule has 108 valence electrons. The molecule has 0 saturated heterocycles. The molecule has 0 aliphatic heterocycles. The van der Waals surface area contributed by atoms with Gasteiger partial charge < -0.3 is 5.11 Å². The van der Waals surface area contributed by atoms with E-state index in [0.29, 0.717) is 0 Å². The van der Waals surface area contributed by atoms with Crippen molar-refractivity contribution in [2.24, 2.45) is 5.92 Å². The van der Waals surface area contributed by atoms with Crippen LogP contribution in [0.1, 0.15) is 19.3 Å². The predicted molar refractivity (Wildman–Crippen MR) is 87.8 cm³/mol. The summed E-state index contributed by atoms with van der Waals surface area (Å²) in [5.41, 5.74) is 0.252. The lowest BCUT2D eigenvalue weighted by atomic mass is 10.1. The molecule has 3 rings (SSSR count). The molecule has 1 fully saturated rings. The van der Waals surface area contributed by atoms with Gasteiger partial charge in [0.1, 0.15) is 0 Å². The molecular formula is C18H19O2P. The molecule has 0 heterocycles. The van der Waals surface area contributed by atoms with Crippen LogP contribution in [0.3, 0.4) is 0 Å². The summed E-state index contributed by atoms with van der Waals surface area (Å²) in [4.78, 5) is 11.6. The zero-order chi connectivity index (χ0) is 14.7. The summed E-state index contributed by atoms with van der Waals surface area (Å²) in [7, 11) is -0.605. The van der Waals surface area contributed by atoms with Crippen LogP contribution in [0.2, 0.25) is 0 Å². The van der Waals surface area contributed by atoms with Gasteiger partial charge in [0, 0.05) is 5.66 Å². The van der Waals surface area contributed by atoms with Crippen molar-refractivity contribution in [2.75, 3.05) is 0 Å². The number of hydrogen-bond acceptors (Lipinski definition) is 1. The first-order valence-electron chi connectivity index (χ1n) is 7.39. The monoisotopic (exact) mass is 298 g/mol. The zero-order valence-electron chi connectivity index (χ0n) is 11.9. The van der Waals surface area contributed by atoms with E-state index in [1.165, 1.54) is 10.6 Å². The van der Waals surface area contributed by atoms with Crippen LogP contribution in [0.5, 0.6) is 0 Å². The van der Waals surface area contributed by atoms with Crippen molar-refractivity contribution >= 4 is 24.5 Å². The van der Waals surface area contributed by atoms with Gasteiger partial charge in [-0.15, -0.1) is 0 Å². The van der Waals surface area contributed by atoms with Crippen LogP contribution in [0.25, 0.3) is 0 Å². The number of carboxylic acids is 1. The van der Waals surface area contributed by atoms with Gasteiger partial charge in [0.15, 0.2) is 0 Å². The molecule has 0 spiro atoms. The SMILES string of the molecule is O=C(O)C1CCCC1P(c1ccccc1)c1ccccc1. The maximum atomic E-state index is 11.6. The second kappa shape index (κ2) is 6.41. The summed E-state index contributed by atoms with van der Waals surface area (Å²) in [6, 6.07) is 20.8. The summed E-state index contributed by atoms with van der Waals surface area (Å²) < 4.78 is 0.